The van der Waals surface area contributed by atoms with Crippen LogP contribution in [-0.2, 0) is 6.42 Å². The Kier molecular flexibility index (Phi) is 5.60. The van der Waals surface area contributed by atoms with E-state index in [1.807, 2.05) is 6.20 Å². The van der Waals surface area contributed by atoms with Crippen LogP contribution in [0.1, 0.15) is 50.4 Å². The minimum atomic E-state index is 0.912. The van der Waals surface area contributed by atoms with E-state index in [1.54, 1.807) is 0 Å². The number of hydrogen-bond donors (Lipinski definition) is 0. The van der Waals surface area contributed by atoms with Gasteiger partial charge in [-0.1, -0.05) is 44.5 Å². The summed E-state index contributed by atoms with van der Waals surface area (Å²) in [5.74, 6) is 1.16. The highest BCUT2D eigenvalue weighted by Crippen LogP contribution is 2.31. The minimum Gasteiger partial charge on any atom is -0.355 e. The maximum atomic E-state index is 5.02. The quantitative estimate of drug-likeness (QED) is 0.587. The van der Waals surface area contributed by atoms with Gasteiger partial charge in [0, 0.05) is 24.8 Å². The highest BCUT2D eigenvalue weighted by atomic mass is 15.4. The van der Waals surface area contributed by atoms with E-state index in [1.165, 1.54) is 16.7 Å². The fraction of sp³-hybridized carbons (Fsp3) is 0.455. The van der Waals surface area contributed by atoms with Crippen molar-refractivity contribution in [3.05, 3.63) is 47.3 Å². The van der Waals surface area contributed by atoms with Crippen molar-refractivity contribution in [3.8, 4) is 11.1 Å². The van der Waals surface area contributed by atoms with Gasteiger partial charge in [0.1, 0.15) is 0 Å². The summed E-state index contributed by atoms with van der Waals surface area (Å²) in [4.78, 5) is 7.46. The lowest BCUT2D eigenvalue weighted by Crippen LogP contribution is -2.27. The molecule has 0 bridgehead atoms. The highest BCUT2D eigenvalue weighted by molar-refractivity contribution is 5.81. The Balaban J connectivity index is 2.23. The Morgan fingerprint density at radius 1 is 0.962 bits per heavy atom. The van der Waals surface area contributed by atoms with Crippen LogP contribution in [-0.4, -0.2) is 27.7 Å². The number of anilines is 1. The molecule has 0 spiro atoms. The van der Waals surface area contributed by atoms with Crippen LogP contribution in [0.15, 0.2) is 30.5 Å². The van der Waals surface area contributed by atoms with Gasteiger partial charge in [0.15, 0.2) is 11.5 Å². The van der Waals surface area contributed by atoms with E-state index < -0.39 is 0 Å². The monoisotopic (exact) mass is 350 g/mol. The Morgan fingerprint density at radius 3 is 2.31 bits per heavy atom. The first kappa shape index (κ1) is 18.4. The molecular formula is C22H30N4. The molecule has 0 unspecified atom stereocenters. The second-order valence-corrected chi connectivity index (χ2v) is 7.02. The van der Waals surface area contributed by atoms with Crippen LogP contribution in [0.5, 0.6) is 0 Å². The van der Waals surface area contributed by atoms with Crippen LogP contribution in [0.4, 0.5) is 5.82 Å². The topological polar surface area (TPSA) is 33.4 Å². The molecule has 2 aromatic heterocycles. The Bertz CT molecular complexity index is 889. The van der Waals surface area contributed by atoms with Gasteiger partial charge >= 0.3 is 0 Å². The summed E-state index contributed by atoms with van der Waals surface area (Å²) in [5.41, 5.74) is 7.05. The molecule has 0 radical (unpaired) electrons. The Morgan fingerprint density at radius 2 is 1.69 bits per heavy atom. The normalized spacial score (nSPS) is 11.3. The molecule has 3 aromatic rings. The third-order valence-corrected chi connectivity index (χ3v) is 4.86. The van der Waals surface area contributed by atoms with Crippen molar-refractivity contribution in [2.45, 2.75) is 53.9 Å². The first-order chi connectivity index (χ1) is 12.6. The van der Waals surface area contributed by atoms with Gasteiger partial charge in [-0.2, -0.15) is 9.61 Å². The van der Waals surface area contributed by atoms with Gasteiger partial charge in [0.05, 0.1) is 5.69 Å². The number of fused-ring (bicyclic) bond motifs is 1. The number of aryl methyl sites for hydroxylation is 3. The van der Waals surface area contributed by atoms with Crippen LogP contribution in [0.3, 0.4) is 0 Å². The molecule has 3 rings (SSSR count). The molecular weight excluding hydrogens is 320 g/mol. The lowest BCUT2D eigenvalue weighted by molar-refractivity contribution is 0.714. The lowest BCUT2D eigenvalue weighted by atomic mass is 10.00. The fourth-order valence-electron chi connectivity index (χ4n) is 3.72. The molecule has 26 heavy (non-hydrogen) atoms. The molecule has 2 heterocycles. The summed E-state index contributed by atoms with van der Waals surface area (Å²) in [5, 5.41) is 4.68. The summed E-state index contributed by atoms with van der Waals surface area (Å²) >= 11 is 0. The van der Waals surface area contributed by atoms with E-state index in [4.69, 9.17) is 4.98 Å². The number of nitrogens with zero attached hydrogens (tertiary/aromatic N) is 4. The minimum absolute atomic E-state index is 0.912. The second kappa shape index (κ2) is 7.90. The standard InChI is InChI=1S/C22H30N4/c1-6-13-25(14-7-2)22-20(8-3)24-21-19(11-12-23-26(21)22)18-10-9-16(4)15-17(18)5/h9-12,15H,6-8,13-14H2,1-5H3. The van der Waals surface area contributed by atoms with E-state index >= 15 is 0 Å². The number of benzene rings is 1. The Labute approximate surface area is 156 Å². The Hall–Kier alpha value is -2.36. The number of aromatic nitrogens is 3. The fourth-order valence-corrected chi connectivity index (χ4v) is 3.72. The molecule has 0 saturated heterocycles. The van der Waals surface area contributed by atoms with Crippen molar-refractivity contribution >= 4 is 11.5 Å². The molecule has 0 fully saturated rings. The van der Waals surface area contributed by atoms with Crippen molar-refractivity contribution in [2.24, 2.45) is 0 Å². The predicted octanol–water partition coefficient (Wildman–Crippen LogP) is 5.20. The number of imidazole rings is 1. The zero-order chi connectivity index (χ0) is 18.7. The van der Waals surface area contributed by atoms with Gasteiger partial charge in [-0.25, -0.2) is 4.98 Å². The zero-order valence-electron chi connectivity index (χ0n) is 16.7. The van der Waals surface area contributed by atoms with Crippen molar-refractivity contribution in [2.75, 3.05) is 18.0 Å². The molecule has 0 amide bonds. The summed E-state index contributed by atoms with van der Waals surface area (Å²) < 4.78 is 2.05. The smallest absolute Gasteiger partial charge is 0.164 e. The summed E-state index contributed by atoms with van der Waals surface area (Å²) in [6.45, 7) is 13.0. The van der Waals surface area contributed by atoms with Crippen molar-refractivity contribution in [1.82, 2.24) is 14.6 Å². The molecule has 138 valence electrons. The van der Waals surface area contributed by atoms with E-state index in [-0.39, 0.29) is 0 Å². The van der Waals surface area contributed by atoms with Gasteiger partial charge in [-0.15, -0.1) is 0 Å². The van der Waals surface area contributed by atoms with Gasteiger partial charge in [-0.05, 0) is 50.3 Å². The van der Waals surface area contributed by atoms with Gasteiger partial charge in [-0.3, -0.25) is 0 Å². The molecule has 0 saturated carbocycles. The maximum Gasteiger partial charge on any atom is 0.164 e. The van der Waals surface area contributed by atoms with Crippen molar-refractivity contribution < 1.29 is 0 Å². The molecule has 0 aliphatic rings. The lowest BCUT2D eigenvalue weighted by Gasteiger charge is -2.23. The highest BCUT2D eigenvalue weighted by Gasteiger charge is 2.20. The molecule has 4 nitrogen and oxygen atoms in total. The van der Waals surface area contributed by atoms with Crippen LogP contribution in [0.25, 0.3) is 16.8 Å². The van der Waals surface area contributed by atoms with Crippen LogP contribution in [0, 0.1) is 13.8 Å². The molecule has 0 N–H and O–H groups in total. The second-order valence-electron chi connectivity index (χ2n) is 7.02. The molecule has 0 atom stereocenters. The predicted molar refractivity (Wildman–Crippen MR) is 110 cm³/mol. The zero-order valence-corrected chi connectivity index (χ0v) is 16.7. The van der Waals surface area contributed by atoms with E-state index in [0.717, 1.165) is 55.1 Å². The summed E-state index contributed by atoms with van der Waals surface area (Å²) in [6, 6.07) is 8.70. The van der Waals surface area contributed by atoms with E-state index in [0.29, 0.717) is 0 Å². The third kappa shape index (κ3) is 3.33. The average molecular weight is 351 g/mol. The molecule has 1 aromatic carbocycles. The van der Waals surface area contributed by atoms with Crippen molar-refractivity contribution in [3.63, 3.8) is 0 Å². The van der Waals surface area contributed by atoms with Gasteiger partial charge in [0.25, 0.3) is 0 Å². The number of hydrogen-bond acceptors (Lipinski definition) is 3. The first-order valence-electron chi connectivity index (χ1n) is 9.79. The molecule has 0 aliphatic heterocycles. The van der Waals surface area contributed by atoms with Gasteiger partial charge in [0.2, 0.25) is 0 Å². The molecule has 0 aliphatic carbocycles. The summed E-state index contributed by atoms with van der Waals surface area (Å²) in [6.07, 6.45) is 5.05. The maximum absolute atomic E-state index is 5.02. The van der Waals surface area contributed by atoms with Gasteiger partial charge < -0.3 is 4.90 Å². The number of rotatable bonds is 7. The summed E-state index contributed by atoms with van der Waals surface area (Å²) in [7, 11) is 0. The van der Waals surface area contributed by atoms with Crippen molar-refractivity contribution in [1.29, 1.82) is 0 Å². The van der Waals surface area contributed by atoms with Crippen LogP contribution in [0.2, 0.25) is 0 Å². The first-order valence-corrected chi connectivity index (χ1v) is 9.79. The van der Waals surface area contributed by atoms with Crippen LogP contribution < -0.4 is 4.90 Å². The average Bonchev–Trinajstić information content (AvgIpc) is 3.00. The van der Waals surface area contributed by atoms with Crippen LogP contribution >= 0.6 is 0 Å². The SMILES string of the molecule is CCCN(CCC)c1c(CC)nc2c(-c3ccc(C)cc3C)ccnn12. The van der Waals surface area contributed by atoms with E-state index in [9.17, 15) is 0 Å². The largest absolute Gasteiger partial charge is 0.355 e. The van der Waals surface area contributed by atoms with E-state index in [2.05, 4.69) is 73.4 Å². The molecule has 4 heteroatoms. The third-order valence-electron chi connectivity index (χ3n) is 4.86.